The van der Waals surface area contributed by atoms with Crippen LogP contribution in [0.5, 0.6) is 5.75 Å². The molecular weight excluding hydrogens is 356 g/mol. The van der Waals surface area contributed by atoms with Gasteiger partial charge in [-0.15, -0.1) is 0 Å². The Morgan fingerprint density at radius 1 is 1.48 bits per heavy atom. The molecule has 0 aliphatic carbocycles. The molecule has 0 bridgehead atoms. The zero-order valence-corrected chi connectivity index (χ0v) is 14.7. The number of ether oxygens (including phenoxy) is 1. The summed E-state index contributed by atoms with van der Waals surface area (Å²) in [5.74, 6) is 0.0485. The van der Waals surface area contributed by atoms with Crippen LogP contribution in [0.2, 0.25) is 5.02 Å². The fraction of sp³-hybridized carbons (Fsp3) is 0.467. The van der Waals surface area contributed by atoms with E-state index in [2.05, 4.69) is 27.3 Å². The maximum Gasteiger partial charge on any atom is 0.262 e. The van der Waals surface area contributed by atoms with Gasteiger partial charge in [-0.3, -0.25) is 4.79 Å². The van der Waals surface area contributed by atoms with Crippen LogP contribution in [0.3, 0.4) is 0 Å². The van der Waals surface area contributed by atoms with Gasteiger partial charge in [0.05, 0.1) is 11.1 Å². The van der Waals surface area contributed by atoms with Gasteiger partial charge in [0.1, 0.15) is 11.3 Å². The Labute approximate surface area is 138 Å². The van der Waals surface area contributed by atoms with Crippen LogP contribution in [0, 0.1) is 17.2 Å². The van der Waals surface area contributed by atoms with E-state index < -0.39 is 11.6 Å². The predicted octanol–water partition coefficient (Wildman–Crippen LogP) is 3.92. The first-order valence-corrected chi connectivity index (χ1v) is 7.71. The van der Waals surface area contributed by atoms with E-state index in [1.54, 1.807) is 32.0 Å². The topological polar surface area (TPSA) is 62.1 Å². The molecule has 0 unspecified atom stereocenters. The van der Waals surface area contributed by atoms with E-state index in [0.717, 1.165) is 4.47 Å². The van der Waals surface area contributed by atoms with Gasteiger partial charge in [-0.25, -0.2) is 0 Å². The van der Waals surface area contributed by atoms with Gasteiger partial charge in [-0.05, 0) is 38.0 Å². The summed E-state index contributed by atoms with van der Waals surface area (Å²) >= 11 is 9.35. The van der Waals surface area contributed by atoms with Crippen molar-refractivity contribution in [2.24, 2.45) is 5.92 Å². The zero-order chi connectivity index (χ0) is 16.2. The molecule has 0 aliphatic heterocycles. The van der Waals surface area contributed by atoms with E-state index in [-0.39, 0.29) is 11.8 Å². The molecule has 1 aromatic rings. The van der Waals surface area contributed by atoms with Gasteiger partial charge in [-0.2, -0.15) is 5.26 Å². The summed E-state index contributed by atoms with van der Waals surface area (Å²) in [6.07, 6.45) is -0.755. The molecule has 1 aromatic carbocycles. The number of benzene rings is 1. The lowest BCUT2D eigenvalue weighted by molar-refractivity contribution is -0.128. The Hall–Kier alpha value is -1.25. The number of nitriles is 1. The highest BCUT2D eigenvalue weighted by Gasteiger charge is 2.32. The molecule has 1 rings (SSSR count). The molecule has 0 saturated heterocycles. The van der Waals surface area contributed by atoms with Crippen LogP contribution in [0.4, 0.5) is 0 Å². The van der Waals surface area contributed by atoms with Crippen LogP contribution < -0.4 is 10.1 Å². The average molecular weight is 374 g/mol. The van der Waals surface area contributed by atoms with Gasteiger partial charge in [0.2, 0.25) is 0 Å². The SMILES string of the molecule is CC(C)[C@](C)(C#N)NC(=O)[C@H](C)Oc1ccc(Br)cc1Cl. The molecule has 0 radical (unpaired) electrons. The number of hydrogen-bond acceptors (Lipinski definition) is 3. The smallest absolute Gasteiger partial charge is 0.262 e. The minimum Gasteiger partial charge on any atom is -0.479 e. The summed E-state index contributed by atoms with van der Waals surface area (Å²) in [4.78, 5) is 12.2. The number of nitrogens with one attached hydrogen (secondary N) is 1. The van der Waals surface area contributed by atoms with E-state index >= 15 is 0 Å². The number of hydrogen-bond donors (Lipinski definition) is 1. The number of amides is 1. The van der Waals surface area contributed by atoms with Crippen molar-refractivity contribution in [3.05, 3.63) is 27.7 Å². The Kier molecular flexibility index (Phi) is 6.06. The molecule has 21 heavy (non-hydrogen) atoms. The Morgan fingerprint density at radius 3 is 2.57 bits per heavy atom. The largest absolute Gasteiger partial charge is 0.479 e. The van der Waals surface area contributed by atoms with Crippen molar-refractivity contribution in [3.8, 4) is 11.8 Å². The van der Waals surface area contributed by atoms with E-state index in [1.165, 1.54) is 0 Å². The third-order valence-corrected chi connectivity index (χ3v) is 4.13. The minimum atomic E-state index is -0.932. The molecule has 4 nitrogen and oxygen atoms in total. The van der Waals surface area contributed by atoms with Crippen LogP contribution in [-0.2, 0) is 4.79 Å². The molecule has 0 aliphatic rings. The highest BCUT2D eigenvalue weighted by Crippen LogP contribution is 2.28. The molecule has 6 heteroatoms. The zero-order valence-electron chi connectivity index (χ0n) is 12.4. The standard InChI is InChI=1S/C15H18BrClN2O2/c1-9(2)15(4,8-18)19-14(20)10(3)21-13-6-5-11(16)7-12(13)17/h5-7,9-10H,1-4H3,(H,19,20)/t10-,15-/m0/s1. The summed E-state index contributed by atoms with van der Waals surface area (Å²) in [5.41, 5.74) is -0.932. The number of carbonyl (C=O) groups excluding carboxylic acids is 1. The van der Waals surface area contributed by atoms with Crippen LogP contribution in [0.15, 0.2) is 22.7 Å². The van der Waals surface area contributed by atoms with Gasteiger partial charge in [-0.1, -0.05) is 41.4 Å². The summed E-state index contributed by atoms with van der Waals surface area (Å²) in [7, 11) is 0. The highest BCUT2D eigenvalue weighted by molar-refractivity contribution is 9.10. The van der Waals surface area contributed by atoms with Crippen molar-refractivity contribution in [2.75, 3.05) is 0 Å². The lowest BCUT2D eigenvalue weighted by Crippen LogP contribution is -2.52. The fourth-order valence-corrected chi connectivity index (χ4v) is 2.19. The van der Waals surface area contributed by atoms with Crippen LogP contribution >= 0.6 is 27.5 Å². The maximum atomic E-state index is 12.2. The van der Waals surface area contributed by atoms with E-state index in [1.807, 2.05) is 13.8 Å². The Morgan fingerprint density at radius 2 is 2.10 bits per heavy atom. The second-order valence-corrected chi connectivity index (χ2v) is 6.62. The van der Waals surface area contributed by atoms with E-state index in [4.69, 9.17) is 16.3 Å². The van der Waals surface area contributed by atoms with Gasteiger partial charge in [0, 0.05) is 4.47 Å². The normalized spacial score (nSPS) is 15.0. The number of carbonyl (C=O) groups is 1. The molecule has 0 heterocycles. The first kappa shape index (κ1) is 17.8. The van der Waals surface area contributed by atoms with Gasteiger partial charge in [0.15, 0.2) is 6.10 Å². The van der Waals surface area contributed by atoms with Gasteiger partial charge >= 0.3 is 0 Å². The molecule has 114 valence electrons. The van der Waals surface area contributed by atoms with Crippen LogP contribution in [0.25, 0.3) is 0 Å². The second-order valence-electron chi connectivity index (χ2n) is 5.29. The Balaban J connectivity index is 2.78. The molecule has 0 saturated carbocycles. The summed E-state index contributed by atoms with van der Waals surface area (Å²) in [6.45, 7) is 7.06. The molecule has 0 spiro atoms. The molecule has 2 atom stereocenters. The first-order chi connectivity index (χ1) is 9.69. The van der Waals surface area contributed by atoms with Crippen molar-refractivity contribution in [3.63, 3.8) is 0 Å². The van der Waals surface area contributed by atoms with Crippen molar-refractivity contribution in [2.45, 2.75) is 39.3 Å². The molecule has 0 fully saturated rings. The lowest BCUT2D eigenvalue weighted by atomic mass is 9.90. The monoisotopic (exact) mass is 372 g/mol. The van der Waals surface area contributed by atoms with Crippen molar-refractivity contribution in [1.82, 2.24) is 5.32 Å². The summed E-state index contributed by atoms with van der Waals surface area (Å²) in [5, 5.41) is 12.3. The number of nitrogens with zero attached hydrogens (tertiary/aromatic N) is 1. The third kappa shape index (κ3) is 4.62. The number of rotatable bonds is 5. The Bertz CT molecular complexity index is 571. The first-order valence-electron chi connectivity index (χ1n) is 6.54. The van der Waals surface area contributed by atoms with Crippen molar-refractivity contribution < 1.29 is 9.53 Å². The molecule has 0 aromatic heterocycles. The molecule has 1 N–H and O–H groups in total. The van der Waals surface area contributed by atoms with Crippen molar-refractivity contribution >= 4 is 33.4 Å². The summed E-state index contributed by atoms with van der Waals surface area (Å²) < 4.78 is 6.39. The van der Waals surface area contributed by atoms with E-state index in [0.29, 0.717) is 10.8 Å². The van der Waals surface area contributed by atoms with Crippen LogP contribution in [-0.4, -0.2) is 17.6 Å². The second kappa shape index (κ2) is 7.15. The minimum absolute atomic E-state index is 0.0186. The van der Waals surface area contributed by atoms with Crippen LogP contribution in [0.1, 0.15) is 27.7 Å². The highest BCUT2D eigenvalue weighted by atomic mass is 79.9. The quantitative estimate of drug-likeness (QED) is 0.850. The fourth-order valence-electron chi connectivity index (χ4n) is 1.47. The van der Waals surface area contributed by atoms with Crippen molar-refractivity contribution in [1.29, 1.82) is 5.26 Å². The van der Waals surface area contributed by atoms with E-state index in [9.17, 15) is 10.1 Å². The number of halogens is 2. The molecule has 1 amide bonds. The van der Waals surface area contributed by atoms with Gasteiger partial charge in [0.25, 0.3) is 5.91 Å². The predicted molar refractivity (Wildman–Crippen MR) is 86.2 cm³/mol. The maximum absolute atomic E-state index is 12.2. The average Bonchev–Trinajstić information content (AvgIpc) is 2.41. The molecular formula is C15H18BrClN2O2. The lowest BCUT2D eigenvalue weighted by Gasteiger charge is -2.28. The summed E-state index contributed by atoms with van der Waals surface area (Å²) in [6, 6.07) is 7.28. The van der Waals surface area contributed by atoms with Gasteiger partial charge < -0.3 is 10.1 Å². The third-order valence-electron chi connectivity index (χ3n) is 3.34.